The van der Waals surface area contributed by atoms with Crippen molar-refractivity contribution in [3.05, 3.63) is 59.7 Å². The number of carbonyl (C=O) groups is 8. The Morgan fingerprint density at radius 3 is 2.10 bits per heavy atom. The van der Waals surface area contributed by atoms with Crippen molar-refractivity contribution in [2.75, 3.05) is 13.2 Å². The molecule has 19 nitrogen and oxygen atoms in total. The molecule has 4 fully saturated rings. The fraction of sp³-hybridized carbons (Fsp3) is 0.591. The van der Waals surface area contributed by atoms with E-state index in [0.717, 1.165) is 34.6 Å². The Morgan fingerprint density at radius 1 is 0.841 bits per heavy atom. The summed E-state index contributed by atoms with van der Waals surface area (Å²) in [5, 5.41) is 13.9. The van der Waals surface area contributed by atoms with Gasteiger partial charge in [0.25, 0.3) is 0 Å². The minimum atomic E-state index is -2.55. The summed E-state index contributed by atoms with van der Waals surface area (Å²) >= 11 is 0. The number of hydrogen-bond acceptors (Lipinski definition) is 19. The van der Waals surface area contributed by atoms with Crippen LogP contribution in [0.1, 0.15) is 94.6 Å². The third-order valence-electron chi connectivity index (χ3n) is 13.8. The number of aliphatic hydroxyl groups is 1. The molecule has 1 spiro atoms. The van der Waals surface area contributed by atoms with Crippen molar-refractivity contribution in [3.8, 4) is 0 Å². The Balaban J connectivity index is 1.61. The molecule has 63 heavy (non-hydrogen) atoms. The molecule has 338 valence electrons. The summed E-state index contributed by atoms with van der Waals surface area (Å²) in [6.45, 7) is 8.37. The molecule has 5 aliphatic rings. The Labute approximate surface area is 361 Å². The van der Waals surface area contributed by atoms with Crippen molar-refractivity contribution < 1.29 is 81.4 Å². The maximum Gasteiger partial charge on any atom is 0.340 e. The first kappa shape index (κ1) is 45.1. The maximum absolute atomic E-state index is 14.5. The Kier molecular flexibility index (Phi) is 11.4. The average Bonchev–Trinajstić information content (AvgIpc) is 3.82. The molecule has 1 aliphatic heterocycles. The van der Waals surface area contributed by atoms with Gasteiger partial charge in [-0.15, -0.1) is 0 Å². The van der Waals surface area contributed by atoms with Crippen LogP contribution >= 0.6 is 0 Å². The third-order valence-corrected chi connectivity index (χ3v) is 13.8. The highest BCUT2D eigenvalue weighted by Crippen LogP contribution is 2.89. The molecule has 13 atom stereocenters. The van der Waals surface area contributed by atoms with E-state index in [2.05, 4.69) is 9.97 Å². The van der Waals surface area contributed by atoms with E-state index in [1.165, 1.54) is 49.8 Å². The Morgan fingerprint density at radius 2 is 1.49 bits per heavy atom. The molecular formula is C44H50N2O17. The van der Waals surface area contributed by atoms with E-state index in [9.17, 15) is 43.5 Å². The van der Waals surface area contributed by atoms with Crippen molar-refractivity contribution in [2.24, 2.45) is 34.0 Å². The van der Waals surface area contributed by atoms with E-state index < -0.39 is 137 Å². The number of fused-ring (bicyclic) bond motifs is 5. The van der Waals surface area contributed by atoms with Crippen LogP contribution < -0.4 is 0 Å². The highest BCUT2D eigenvalue weighted by Gasteiger charge is 3.00. The largest absolute Gasteiger partial charge is 0.465 e. The Bertz CT molecular complexity index is 2250. The van der Waals surface area contributed by atoms with E-state index >= 15 is 0 Å². The number of hydrogen-bond donors (Lipinski definition) is 1. The van der Waals surface area contributed by atoms with Crippen LogP contribution in [0.3, 0.4) is 0 Å². The van der Waals surface area contributed by atoms with Gasteiger partial charge < -0.3 is 43.0 Å². The van der Waals surface area contributed by atoms with Gasteiger partial charge in [-0.25, -0.2) is 9.59 Å². The maximum atomic E-state index is 14.5. The SMILES string of the molecule is CC(=O)OCC12C(OC(C)=O)C(OC(=O)c3cccnc3)C3OC(=O)C(C)CCc4ncccc4C(=O)OCC4(C)CC1(C1C(C(OC(C)=O)C2OC(C)=O)C14OC(C)=O)C3(C)O. The topological polar surface area (TPSA) is 256 Å². The molecule has 0 saturated heterocycles. The van der Waals surface area contributed by atoms with Gasteiger partial charge in [0, 0.05) is 75.9 Å². The summed E-state index contributed by atoms with van der Waals surface area (Å²) < 4.78 is 49.3. The zero-order chi connectivity index (χ0) is 46.0. The standard InChI is InChI=1S/C44H50N2O17/c1-21-13-14-29-28(12-10-16-46-29)39(54)57-19-40(7)18-43-33-30(44(33,40)63-26(6)51)31(58-23(3)48)35(59-24(4)49)42(43,20-56-22(2)47)36(60-25(5)50)32(34(41(43,8)55)62-37(21)52)61-38(53)27-11-9-15-45-17-27/h9-12,15-17,21,30-36,55H,13-14,18-20H2,1-8H3. The molecule has 4 aliphatic carbocycles. The number of nitrogens with zero attached hydrogens (tertiary/aromatic N) is 2. The second kappa shape index (κ2) is 16.0. The van der Waals surface area contributed by atoms with Gasteiger partial charge in [0.15, 0.2) is 24.4 Å². The summed E-state index contributed by atoms with van der Waals surface area (Å²) in [6.07, 6.45) is -5.62. The lowest BCUT2D eigenvalue weighted by Crippen LogP contribution is -2.83. The molecule has 19 heteroatoms. The molecule has 7 rings (SSSR count). The molecule has 13 unspecified atom stereocenters. The predicted octanol–water partition coefficient (Wildman–Crippen LogP) is 2.42. The quantitative estimate of drug-likeness (QED) is 0.295. The molecule has 1 N–H and O–H groups in total. The smallest absolute Gasteiger partial charge is 0.340 e. The number of esters is 8. The van der Waals surface area contributed by atoms with Gasteiger partial charge in [-0.3, -0.25) is 38.7 Å². The summed E-state index contributed by atoms with van der Waals surface area (Å²) in [7, 11) is 0. The monoisotopic (exact) mass is 878 g/mol. The van der Waals surface area contributed by atoms with Gasteiger partial charge in [0.1, 0.15) is 30.5 Å². The predicted molar refractivity (Wildman–Crippen MR) is 208 cm³/mol. The van der Waals surface area contributed by atoms with Crippen LogP contribution in [0, 0.1) is 34.0 Å². The van der Waals surface area contributed by atoms with Crippen molar-refractivity contribution >= 4 is 47.8 Å². The number of carbonyl (C=O) groups excluding carboxylic acids is 8. The van der Waals surface area contributed by atoms with Crippen LogP contribution in [-0.4, -0.2) is 118 Å². The van der Waals surface area contributed by atoms with Gasteiger partial charge in [-0.2, -0.15) is 0 Å². The van der Waals surface area contributed by atoms with Gasteiger partial charge in [0.2, 0.25) is 0 Å². The molecule has 0 radical (unpaired) electrons. The van der Waals surface area contributed by atoms with Crippen LogP contribution in [0.4, 0.5) is 0 Å². The number of pyridine rings is 2. The van der Waals surface area contributed by atoms with Gasteiger partial charge in [0.05, 0.1) is 28.2 Å². The molecule has 3 heterocycles. The van der Waals surface area contributed by atoms with E-state index in [-0.39, 0.29) is 30.4 Å². The number of aryl methyl sites for hydroxylation is 1. The van der Waals surface area contributed by atoms with Crippen LogP contribution in [0.25, 0.3) is 0 Å². The van der Waals surface area contributed by atoms with Crippen molar-refractivity contribution in [3.63, 3.8) is 0 Å². The second-order valence-electron chi connectivity index (χ2n) is 17.7. The van der Waals surface area contributed by atoms with E-state index in [1.807, 2.05) is 0 Å². The highest BCUT2D eigenvalue weighted by molar-refractivity contribution is 5.91. The van der Waals surface area contributed by atoms with Crippen molar-refractivity contribution in [1.29, 1.82) is 0 Å². The normalized spacial score (nSPS) is 37.5. The molecule has 2 aromatic rings. The first-order valence-corrected chi connectivity index (χ1v) is 20.6. The van der Waals surface area contributed by atoms with Crippen molar-refractivity contribution in [1.82, 2.24) is 9.97 Å². The molecule has 2 aromatic heterocycles. The average molecular weight is 879 g/mol. The highest BCUT2D eigenvalue weighted by atomic mass is 16.6. The van der Waals surface area contributed by atoms with E-state index in [0.29, 0.717) is 5.69 Å². The van der Waals surface area contributed by atoms with Crippen molar-refractivity contribution in [2.45, 2.75) is 116 Å². The van der Waals surface area contributed by atoms with Gasteiger partial charge in [-0.1, -0.05) is 13.8 Å². The zero-order valence-corrected chi connectivity index (χ0v) is 36.1. The summed E-state index contributed by atoms with van der Waals surface area (Å²) in [4.78, 5) is 118. The second-order valence-corrected chi connectivity index (χ2v) is 17.7. The first-order valence-electron chi connectivity index (χ1n) is 20.6. The molecule has 0 amide bonds. The van der Waals surface area contributed by atoms with Crippen LogP contribution in [0.5, 0.6) is 0 Å². The molecule has 3 bridgehead atoms. The lowest BCUT2D eigenvalue weighted by molar-refractivity contribution is -0.359. The summed E-state index contributed by atoms with van der Waals surface area (Å²) in [5.41, 5.74) is -10.2. The molecular weight excluding hydrogens is 828 g/mol. The van der Waals surface area contributed by atoms with Gasteiger partial charge >= 0.3 is 47.8 Å². The van der Waals surface area contributed by atoms with E-state index in [4.69, 9.17) is 37.9 Å². The third kappa shape index (κ3) is 6.89. The first-order chi connectivity index (χ1) is 29.6. The van der Waals surface area contributed by atoms with Gasteiger partial charge in [-0.05, 0) is 50.5 Å². The fourth-order valence-corrected chi connectivity index (χ4v) is 11.8. The lowest BCUT2D eigenvalue weighted by Gasteiger charge is -2.69. The van der Waals surface area contributed by atoms with E-state index in [1.54, 1.807) is 13.8 Å². The van der Waals surface area contributed by atoms with Crippen LogP contribution in [0.2, 0.25) is 0 Å². The Hall–Kier alpha value is -5.98. The lowest BCUT2D eigenvalue weighted by atomic mass is 9.39. The van der Waals surface area contributed by atoms with Crippen LogP contribution in [-0.2, 0) is 73.1 Å². The number of rotatable bonds is 8. The number of aromatic nitrogens is 2. The summed E-state index contributed by atoms with van der Waals surface area (Å²) in [6, 6.07) is 5.86. The fourth-order valence-electron chi connectivity index (χ4n) is 11.8. The molecule has 0 aromatic carbocycles. The minimum absolute atomic E-state index is 0.0661. The number of ether oxygens (including phenoxy) is 8. The number of cyclic esters (lactones) is 1. The minimum Gasteiger partial charge on any atom is -0.465 e. The zero-order valence-electron chi connectivity index (χ0n) is 36.1. The molecule has 4 saturated carbocycles. The summed E-state index contributed by atoms with van der Waals surface area (Å²) in [5.74, 6) is -10.8. The van der Waals surface area contributed by atoms with Crippen LogP contribution in [0.15, 0.2) is 42.9 Å².